The van der Waals surface area contributed by atoms with Gasteiger partial charge in [-0.25, -0.2) is 0 Å². The second kappa shape index (κ2) is 12.2. The smallest absolute Gasteiger partial charge is 0.0305 e. The molecule has 0 radical (unpaired) electrons. The van der Waals surface area contributed by atoms with Gasteiger partial charge in [0.2, 0.25) is 0 Å². The standard InChI is InChI=1S/C10H14.C9H12.C2H6/c1-3-9-5-7-10(4-2)8-6-9;1-3-9-7-5-4-6-8(9)2;1-2/h5-8H,3-4H2,1-2H3;4-7H,3H2,1-2H3;1-2H3. The molecule has 0 saturated carbocycles. The molecular formula is C21H32. The summed E-state index contributed by atoms with van der Waals surface area (Å²) in [6.07, 6.45) is 3.43. The predicted octanol–water partition coefficient (Wildman–Crippen LogP) is 6.40. The molecule has 0 spiro atoms. The highest BCUT2D eigenvalue weighted by atomic mass is 14.0. The van der Waals surface area contributed by atoms with Crippen molar-refractivity contribution in [1.82, 2.24) is 0 Å². The maximum absolute atomic E-state index is 2.21. The van der Waals surface area contributed by atoms with Crippen molar-refractivity contribution in [3.63, 3.8) is 0 Å². The molecule has 0 amide bonds. The van der Waals surface area contributed by atoms with Gasteiger partial charge >= 0.3 is 0 Å². The monoisotopic (exact) mass is 284 g/mol. The van der Waals surface area contributed by atoms with E-state index in [1.165, 1.54) is 22.3 Å². The number of hydrogen-bond donors (Lipinski definition) is 0. The third kappa shape index (κ3) is 7.70. The summed E-state index contributed by atoms with van der Waals surface area (Å²) in [5.74, 6) is 0. The lowest BCUT2D eigenvalue weighted by Gasteiger charge is -1.98. The van der Waals surface area contributed by atoms with Gasteiger partial charge in [-0.05, 0) is 48.4 Å². The number of benzene rings is 2. The van der Waals surface area contributed by atoms with Crippen molar-refractivity contribution in [1.29, 1.82) is 0 Å². The Hall–Kier alpha value is -1.56. The van der Waals surface area contributed by atoms with Crippen LogP contribution in [-0.4, -0.2) is 0 Å². The highest BCUT2D eigenvalue weighted by molar-refractivity contribution is 5.25. The van der Waals surface area contributed by atoms with Gasteiger partial charge in [0.1, 0.15) is 0 Å². The fourth-order valence-corrected chi connectivity index (χ4v) is 2.02. The lowest BCUT2D eigenvalue weighted by atomic mass is 10.1. The van der Waals surface area contributed by atoms with Crippen LogP contribution in [0.4, 0.5) is 0 Å². The van der Waals surface area contributed by atoms with E-state index in [1.54, 1.807) is 0 Å². The van der Waals surface area contributed by atoms with Gasteiger partial charge in [0.25, 0.3) is 0 Å². The van der Waals surface area contributed by atoms with Crippen molar-refractivity contribution in [2.24, 2.45) is 0 Å². The van der Waals surface area contributed by atoms with Gasteiger partial charge in [-0.1, -0.05) is 83.1 Å². The van der Waals surface area contributed by atoms with Crippen LogP contribution in [0.5, 0.6) is 0 Å². The summed E-state index contributed by atoms with van der Waals surface area (Å²) in [6.45, 7) is 12.7. The van der Waals surface area contributed by atoms with Crippen LogP contribution in [0.2, 0.25) is 0 Å². The summed E-state index contributed by atoms with van der Waals surface area (Å²) in [6, 6.07) is 17.3. The van der Waals surface area contributed by atoms with Crippen molar-refractivity contribution in [2.45, 2.75) is 60.8 Å². The highest BCUT2D eigenvalue weighted by Gasteiger charge is 1.89. The summed E-state index contributed by atoms with van der Waals surface area (Å²) < 4.78 is 0. The lowest BCUT2D eigenvalue weighted by Crippen LogP contribution is -1.82. The zero-order valence-electron chi connectivity index (χ0n) is 14.7. The van der Waals surface area contributed by atoms with E-state index in [9.17, 15) is 0 Å². The molecule has 0 fully saturated rings. The minimum absolute atomic E-state index is 1.14. The molecular weight excluding hydrogens is 252 g/mol. The molecule has 0 aliphatic carbocycles. The van der Waals surface area contributed by atoms with Crippen LogP contribution in [0, 0.1) is 6.92 Å². The molecule has 0 unspecified atom stereocenters. The van der Waals surface area contributed by atoms with E-state index in [4.69, 9.17) is 0 Å². The Morgan fingerprint density at radius 3 is 1.33 bits per heavy atom. The van der Waals surface area contributed by atoms with E-state index in [0.717, 1.165) is 19.3 Å². The van der Waals surface area contributed by atoms with Crippen molar-refractivity contribution in [3.05, 3.63) is 70.8 Å². The van der Waals surface area contributed by atoms with Crippen molar-refractivity contribution >= 4 is 0 Å². The molecule has 0 heteroatoms. The van der Waals surface area contributed by atoms with Crippen LogP contribution in [0.3, 0.4) is 0 Å². The molecule has 0 N–H and O–H groups in total. The summed E-state index contributed by atoms with van der Waals surface area (Å²) >= 11 is 0. The zero-order valence-corrected chi connectivity index (χ0v) is 14.7. The van der Waals surface area contributed by atoms with Crippen LogP contribution in [0.15, 0.2) is 48.5 Å². The van der Waals surface area contributed by atoms with Gasteiger partial charge in [0.15, 0.2) is 0 Å². The molecule has 0 atom stereocenters. The van der Waals surface area contributed by atoms with Crippen LogP contribution >= 0.6 is 0 Å². The lowest BCUT2D eigenvalue weighted by molar-refractivity contribution is 1.10. The second-order valence-electron chi connectivity index (χ2n) is 4.80. The van der Waals surface area contributed by atoms with Gasteiger partial charge in [-0.15, -0.1) is 0 Å². The van der Waals surface area contributed by atoms with Crippen molar-refractivity contribution in [2.75, 3.05) is 0 Å². The van der Waals surface area contributed by atoms with Gasteiger partial charge in [-0.3, -0.25) is 0 Å². The Kier molecular flexibility index (Phi) is 11.3. The SMILES string of the molecule is CC.CCc1ccc(CC)cc1.CCc1ccccc1C. The Labute approximate surface area is 132 Å². The Bertz CT molecular complexity index is 443. The molecule has 0 saturated heterocycles. The molecule has 0 aliphatic rings. The van der Waals surface area contributed by atoms with Crippen LogP contribution in [0.1, 0.15) is 56.9 Å². The van der Waals surface area contributed by atoms with Crippen LogP contribution in [0.25, 0.3) is 0 Å². The van der Waals surface area contributed by atoms with E-state index in [0.29, 0.717) is 0 Å². The molecule has 0 bridgehead atoms. The number of rotatable bonds is 3. The first-order chi connectivity index (χ1) is 10.2. The fraction of sp³-hybridized carbons (Fsp3) is 0.429. The minimum atomic E-state index is 1.14. The fourth-order valence-electron chi connectivity index (χ4n) is 2.02. The first-order valence-electron chi connectivity index (χ1n) is 8.33. The van der Waals surface area contributed by atoms with E-state index >= 15 is 0 Å². The Balaban J connectivity index is 0.000000342. The summed E-state index contributed by atoms with van der Waals surface area (Å²) in [7, 11) is 0. The first-order valence-corrected chi connectivity index (χ1v) is 8.33. The largest absolute Gasteiger partial charge is 0.0683 e. The molecule has 2 aromatic carbocycles. The van der Waals surface area contributed by atoms with E-state index in [1.807, 2.05) is 13.8 Å². The molecule has 0 heterocycles. The van der Waals surface area contributed by atoms with E-state index in [2.05, 4.69) is 76.2 Å². The molecule has 2 rings (SSSR count). The van der Waals surface area contributed by atoms with E-state index in [-0.39, 0.29) is 0 Å². The predicted molar refractivity (Wildman–Crippen MR) is 97.1 cm³/mol. The van der Waals surface area contributed by atoms with Gasteiger partial charge in [0, 0.05) is 0 Å². The average Bonchev–Trinajstić information content (AvgIpc) is 2.58. The van der Waals surface area contributed by atoms with Crippen molar-refractivity contribution < 1.29 is 0 Å². The molecule has 116 valence electrons. The molecule has 2 aromatic rings. The number of hydrogen-bond acceptors (Lipinski definition) is 0. The molecule has 0 nitrogen and oxygen atoms in total. The van der Waals surface area contributed by atoms with Crippen LogP contribution < -0.4 is 0 Å². The third-order valence-corrected chi connectivity index (χ3v) is 3.48. The third-order valence-electron chi connectivity index (χ3n) is 3.48. The molecule has 0 aliphatic heterocycles. The Morgan fingerprint density at radius 2 is 1.05 bits per heavy atom. The Morgan fingerprint density at radius 1 is 0.619 bits per heavy atom. The molecule has 0 aromatic heterocycles. The van der Waals surface area contributed by atoms with Gasteiger partial charge in [-0.2, -0.15) is 0 Å². The first kappa shape index (κ1) is 19.4. The van der Waals surface area contributed by atoms with Crippen LogP contribution in [-0.2, 0) is 19.3 Å². The maximum Gasteiger partial charge on any atom is -0.0305 e. The number of aryl methyl sites for hydroxylation is 4. The van der Waals surface area contributed by atoms with Crippen molar-refractivity contribution in [3.8, 4) is 0 Å². The summed E-state index contributed by atoms with van der Waals surface area (Å²) in [5.41, 5.74) is 5.71. The topological polar surface area (TPSA) is 0 Å². The zero-order chi connectivity index (χ0) is 16.1. The minimum Gasteiger partial charge on any atom is -0.0683 e. The maximum atomic E-state index is 2.21. The normalized spacial score (nSPS) is 9.05. The highest BCUT2D eigenvalue weighted by Crippen LogP contribution is 2.06. The average molecular weight is 284 g/mol. The van der Waals surface area contributed by atoms with E-state index < -0.39 is 0 Å². The van der Waals surface area contributed by atoms with Gasteiger partial charge < -0.3 is 0 Å². The van der Waals surface area contributed by atoms with Gasteiger partial charge in [0.05, 0.1) is 0 Å². The second-order valence-corrected chi connectivity index (χ2v) is 4.80. The summed E-state index contributed by atoms with van der Waals surface area (Å²) in [4.78, 5) is 0. The summed E-state index contributed by atoms with van der Waals surface area (Å²) in [5, 5.41) is 0. The quantitative estimate of drug-likeness (QED) is 0.612. The molecule has 21 heavy (non-hydrogen) atoms.